The largest absolute Gasteiger partial charge is 0.486 e. The molecule has 0 radical (unpaired) electrons. The Morgan fingerprint density at radius 3 is 2.50 bits per heavy atom. The highest BCUT2D eigenvalue weighted by atomic mass is 19.1. The van der Waals surface area contributed by atoms with Crippen LogP contribution in [-0.2, 0) is 6.54 Å². The van der Waals surface area contributed by atoms with E-state index >= 15 is 0 Å². The van der Waals surface area contributed by atoms with Gasteiger partial charge < -0.3 is 15.4 Å². The van der Waals surface area contributed by atoms with Gasteiger partial charge in [-0.3, -0.25) is 9.89 Å². The molecule has 1 fully saturated rings. The van der Waals surface area contributed by atoms with Gasteiger partial charge in [0.1, 0.15) is 11.9 Å². The van der Waals surface area contributed by atoms with Gasteiger partial charge in [-0.05, 0) is 49.6 Å². The minimum atomic E-state index is -0.362. The van der Waals surface area contributed by atoms with Gasteiger partial charge in [-0.15, -0.1) is 0 Å². The monoisotopic (exact) mass is 416 g/mol. The van der Waals surface area contributed by atoms with Crippen LogP contribution in [0, 0.1) is 11.6 Å². The molecule has 5 nitrogen and oxygen atoms in total. The minimum Gasteiger partial charge on any atom is -0.486 e. The fourth-order valence-electron chi connectivity index (χ4n) is 3.51. The lowest BCUT2D eigenvalue weighted by atomic mass is 10.0. The predicted molar refractivity (Wildman–Crippen MR) is 116 cm³/mol. The van der Waals surface area contributed by atoms with E-state index in [0.717, 1.165) is 44.0 Å². The van der Waals surface area contributed by atoms with E-state index in [1.54, 1.807) is 25.2 Å². The number of aliphatic imine (C=N–C) groups is 1. The topological polar surface area (TPSA) is 48.9 Å². The summed E-state index contributed by atoms with van der Waals surface area (Å²) in [6.45, 7) is 5.18. The Hall–Kier alpha value is -2.67. The number of likely N-dealkylation sites (tertiary alicyclic amines) is 1. The van der Waals surface area contributed by atoms with Gasteiger partial charge in [-0.25, -0.2) is 8.78 Å². The Bertz CT molecular complexity index is 820. The maximum atomic E-state index is 13.7. The highest BCUT2D eigenvalue weighted by Gasteiger charge is 2.20. The van der Waals surface area contributed by atoms with Crippen molar-refractivity contribution >= 4 is 5.96 Å². The lowest BCUT2D eigenvalue weighted by Gasteiger charge is -2.33. The Labute approximate surface area is 177 Å². The fraction of sp³-hybridized carbons (Fsp3) is 0.435. The van der Waals surface area contributed by atoms with Gasteiger partial charge in [0, 0.05) is 32.7 Å². The van der Waals surface area contributed by atoms with E-state index < -0.39 is 0 Å². The minimum absolute atomic E-state index is 0.200. The SMILES string of the molecule is CN=C(NCC(C)Oc1ccccc1F)NC1CCN(Cc2ccc(F)cc2)CC1. The van der Waals surface area contributed by atoms with E-state index in [4.69, 9.17) is 4.74 Å². The molecule has 2 aromatic carbocycles. The number of nitrogens with zero attached hydrogens (tertiary/aromatic N) is 2. The summed E-state index contributed by atoms with van der Waals surface area (Å²) >= 11 is 0. The first-order valence-electron chi connectivity index (χ1n) is 10.4. The molecule has 0 spiro atoms. The summed E-state index contributed by atoms with van der Waals surface area (Å²) < 4.78 is 32.4. The van der Waals surface area contributed by atoms with Crippen LogP contribution in [0.4, 0.5) is 8.78 Å². The van der Waals surface area contributed by atoms with E-state index in [0.29, 0.717) is 12.6 Å². The highest BCUT2D eigenvalue weighted by molar-refractivity contribution is 5.80. The van der Waals surface area contributed by atoms with Crippen molar-refractivity contribution in [3.8, 4) is 5.75 Å². The fourth-order valence-corrected chi connectivity index (χ4v) is 3.51. The molecule has 1 atom stereocenters. The van der Waals surface area contributed by atoms with Crippen molar-refractivity contribution in [3.05, 3.63) is 65.7 Å². The molecule has 162 valence electrons. The van der Waals surface area contributed by atoms with E-state index in [1.165, 1.54) is 18.2 Å². The summed E-state index contributed by atoms with van der Waals surface area (Å²) in [5.41, 5.74) is 1.13. The van der Waals surface area contributed by atoms with Crippen LogP contribution >= 0.6 is 0 Å². The van der Waals surface area contributed by atoms with Crippen LogP contribution in [0.25, 0.3) is 0 Å². The molecule has 1 heterocycles. The van der Waals surface area contributed by atoms with Crippen molar-refractivity contribution in [2.45, 2.75) is 38.5 Å². The Balaban J connectivity index is 1.39. The van der Waals surface area contributed by atoms with Gasteiger partial charge >= 0.3 is 0 Å². The van der Waals surface area contributed by atoms with Crippen molar-refractivity contribution in [2.24, 2.45) is 4.99 Å². The number of piperidine rings is 1. The molecular weight excluding hydrogens is 386 g/mol. The van der Waals surface area contributed by atoms with Crippen LogP contribution in [0.15, 0.2) is 53.5 Å². The zero-order chi connectivity index (χ0) is 21.3. The number of benzene rings is 2. The summed E-state index contributed by atoms with van der Waals surface area (Å²) in [7, 11) is 1.74. The average molecular weight is 417 g/mol. The summed E-state index contributed by atoms with van der Waals surface area (Å²) in [5.74, 6) is 0.410. The smallest absolute Gasteiger partial charge is 0.191 e. The zero-order valence-electron chi connectivity index (χ0n) is 17.6. The molecule has 2 aromatic rings. The van der Waals surface area contributed by atoms with E-state index in [1.807, 2.05) is 19.1 Å². The molecule has 0 saturated carbocycles. The molecule has 2 N–H and O–H groups in total. The molecule has 1 aliphatic rings. The van der Waals surface area contributed by atoms with Crippen molar-refractivity contribution in [2.75, 3.05) is 26.7 Å². The van der Waals surface area contributed by atoms with E-state index in [-0.39, 0.29) is 23.5 Å². The van der Waals surface area contributed by atoms with Crippen LogP contribution in [0.5, 0.6) is 5.75 Å². The second-order valence-corrected chi connectivity index (χ2v) is 7.63. The second-order valence-electron chi connectivity index (χ2n) is 7.63. The maximum absolute atomic E-state index is 13.7. The van der Waals surface area contributed by atoms with Gasteiger partial charge in [0.15, 0.2) is 17.5 Å². The van der Waals surface area contributed by atoms with Crippen molar-refractivity contribution in [1.82, 2.24) is 15.5 Å². The first-order valence-corrected chi connectivity index (χ1v) is 10.4. The van der Waals surface area contributed by atoms with Crippen molar-refractivity contribution in [3.63, 3.8) is 0 Å². The van der Waals surface area contributed by atoms with Gasteiger partial charge in [-0.1, -0.05) is 24.3 Å². The third kappa shape index (κ3) is 6.69. The summed E-state index contributed by atoms with van der Waals surface area (Å²) in [5, 5.41) is 6.72. The zero-order valence-corrected chi connectivity index (χ0v) is 17.6. The number of ether oxygens (including phenoxy) is 1. The number of hydrogen-bond acceptors (Lipinski definition) is 3. The maximum Gasteiger partial charge on any atom is 0.191 e. The van der Waals surface area contributed by atoms with E-state index in [2.05, 4.69) is 20.5 Å². The number of nitrogens with one attached hydrogen (secondary N) is 2. The molecule has 30 heavy (non-hydrogen) atoms. The van der Waals surface area contributed by atoms with Crippen molar-refractivity contribution < 1.29 is 13.5 Å². The first-order chi connectivity index (χ1) is 14.5. The third-order valence-corrected chi connectivity index (χ3v) is 5.19. The Kier molecular flexibility index (Phi) is 8.02. The Morgan fingerprint density at radius 1 is 1.13 bits per heavy atom. The van der Waals surface area contributed by atoms with Gasteiger partial charge in [0.05, 0.1) is 6.54 Å². The third-order valence-electron chi connectivity index (χ3n) is 5.19. The normalized spacial score (nSPS) is 16.9. The lowest BCUT2D eigenvalue weighted by molar-refractivity contribution is 0.197. The standard InChI is InChI=1S/C23H30F2N4O/c1-17(30-22-6-4-3-5-21(22)25)15-27-23(26-2)28-20-11-13-29(14-12-20)16-18-7-9-19(24)10-8-18/h3-10,17,20H,11-16H2,1-2H3,(H2,26,27,28). The van der Waals surface area contributed by atoms with Crippen LogP contribution in [-0.4, -0.2) is 49.7 Å². The highest BCUT2D eigenvalue weighted by Crippen LogP contribution is 2.17. The summed E-state index contributed by atoms with van der Waals surface area (Å²) in [4.78, 5) is 6.67. The number of para-hydroxylation sites is 1. The van der Waals surface area contributed by atoms with E-state index in [9.17, 15) is 8.78 Å². The number of halogens is 2. The van der Waals surface area contributed by atoms with Gasteiger partial charge in [0.25, 0.3) is 0 Å². The summed E-state index contributed by atoms with van der Waals surface area (Å²) in [6.07, 6.45) is 1.80. The molecule has 1 saturated heterocycles. The van der Waals surface area contributed by atoms with Crippen LogP contribution in [0.3, 0.4) is 0 Å². The molecular formula is C23H30F2N4O. The lowest BCUT2D eigenvalue weighted by Crippen LogP contribution is -2.49. The molecule has 0 aromatic heterocycles. The molecule has 0 amide bonds. The second kappa shape index (κ2) is 10.9. The van der Waals surface area contributed by atoms with Gasteiger partial charge in [0.2, 0.25) is 0 Å². The number of guanidine groups is 1. The molecule has 7 heteroatoms. The molecule has 0 aliphatic carbocycles. The Morgan fingerprint density at radius 2 is 1.83 bits per heavy atom. The van der Waals surface area contributed by atoms with Crippen molar-refractivity contribution in [1.29, 1.82) is 0 Å². The van der Waals surface area contributed by atoms with Crippen LogP contribution < -0.4 is 15.4 Å². The predicted octanol–water partition coefficient (Wildman–Crippen LogP) is 3.56. The first kappa shape index (κ1) is 22.0. The molecule has 3 rings (SSSR count). The molecule has 1 unspecified atom stereocenters. The summed E-state index contributed by atoms with van der Waals surface area (Å²) in [6, 6.07) is 13.4. The molecule has 0 bridgehead atoms. The average Bonchev–Trinajstić information content (AvgIpc) is 2.75. The van der Waals surface area contributed by atoms with Crippen LogP contribution in [0.2, 0.25) is 0 Å². The van der Waals surface area contributed by atoms with Crippen LogP contribution in [0.1, 0.15) is 25.3 Å². The number of hydrogen-bond donors (Lipinski definition) is 2. The quantitative estimate of drug-likeness (QED) is 0.535. The molecule has 1 aliphatic heterocycles. The van der Waals surface area contributed by atoms with Gasteiger partial charge in [-0.2, -0.15) is 0 Å². The number of rotatable bonds is 7.